The van der Waals surface area contributed by atoms with Crippen LogP contribution in [0.1, 0.15) is 49.5 Å². The molecular formula is C21H29N3O6S2. The van der Waals surface area contributed by atoms with Crippen LogP contribution in [0.4, 0.5) is 5.69 Å². The predicted octanol–water partition coefficient (Wildman–Crippen LogP) is 3.16. The minimum atomic E-state index is -4.36. The monoisotopic (exact) mass is 483 g/mol. The van der Waals surface area contributed by atoms with Crippen molar-refractivity contribution in [3.8, 4) is 0 Å². The zero-order valence-electron chi connectivity index (χ0n) is 18.5. The van der Waals surface area contributed by atoms with Gasteiger partial charge in [-0.25, -0.2) is 4.98 Å². The highest BCUT2D eigenvalue weighted by molar-refractivity contribution is 7.87. The van der Waals surface area contributed by atoms with Gasteiger partial charge in [-0.2, -0.15) is 8.42 Å². The van der Waals surface area contributed by atoms with E-state index in [0.29, 0.717) is 17.8 Å². The second-order valence-electron chi connectivity index (χ2n) is 7.78. The van der Waals surface area contributed by atoms with Crippen molar-refractivity contribution in [3.05, 3.63) is 45.9 Å². The summed E-state index contributed by atoms with van der Waals surface area (Å²) in [4.78, 5) is 29.8. The number of hydrogen-bond donors (Lipinski definition) is 3. The van der Waals surface area contributed by atoms with E-state index in [-0.39, 0.29) is 11.6 Å². The molecule has 9 nitrogen and oxygen atoms in total. The molecule has 1 heterocycles. The number of rotatable bonds is 11. The third-order valence-electron chi connectivity index (χ3n) is 4.70. The Hall–Kier alpha value is -2.50. The summed E-state index contributed by atoms with van der Waals surface area (Å²) in [5, 5.41) is 5.59. The first-order valence-electron chi connectivity index (χ1n) is 10.2. The zero-order chi connectivity index (χ0) is 23.9. The minimum absolute atomic E-state index is 0.123. The number of benzene rings is 1. The van der Waals surface area contributed by atoms with E-state index in [1.54, 1.807) is 12.1 Å². The summed E-state index contributed by atoms with van der Waals surface area (Å²) < 4.78 is 37.7. The molecule has 0 aliphatic carbocycles. The number of hydrogen-bond acceptors (Lipinski definition) is 7. The number of ether oxygens (including phenoxy) is 1. The van der Waals surface area contributed by atoms with E-state index in [1.807, 2.05) is 30.9 Å². The van der Waals surface area contributed by atoms with Crippen LogP contribution in [-0.2, 0) is 37.5 Å². The molecule has 0 spiro atoms. The van der Waals surface area contributed by atoms with Gasteiger partial charge < -0.3 is 10.1 Å². The Kier molecular flexibility index (Phi) is 9.17. The van der Waals surface area contributed by atoms with Crippen molar-refractivity contribution >= 4 is 39.2 Å². The fourth-order valence-electron chi connectivity index (χ4n) is 3.13. The van der Waals surface area contributed by atoms with Gasteiger partial charge in [-0.05, 0) is 42.9 Å². The second kappa shape index (κ2) is 11.4. The van der Waals surface area contributed by atoms with Crippen LogP contribution in [0, 0.1) is 11.8 Å². The van der Waals surface area contributed by atoms with Crippen LogP contribution >= 0.6 is 11.3 Å². The molecule has 32 heavy (non-hydrogen) atoms. The molecule has 0 bridgehead atoms. The molecule has 1 aromatic carbocycles. The van der Waals surface area contributed by atoms with Crippen LogP contribution in [-0.4, -0.2) is 36.9 Å². The van der Waals surface area contributed by atoms with Crippen LogP contribution in [0.2, 0.25) is 0 Å². The Labute approximate surface area is 192 Å². The van der Waals surface area contributed by atoms with Gasteiger partial charge in [0.15, 0.2) is 0 Å². The number of nitrogens with zero attached hydrogens (tertiary/aromatic N) is 1. The lowest BCUT2D eigenvalue weighted by Gasteiger charge is -2.21. The molecule has 2 aromatic rings. The summed E-state index contributed by atoms with van der Waals surface area (Å²) in [7, 11) is -3.10. The molecule has 1 amide bonds. The zero-order valence-corrected chi connectivity index (χ0v) is 20.1. The number of aromatic nitrogens is 1. The highest BCUT2D eigenvalue weighted by Gasteiger charge is 2.31. The molecule has 0 aliphatic heterocycles. The number of thiazole rings is 1. The molecule has 0 aliphatic rings. The van der Waals surface area contributed by atoms with Crippen molar-refractivity contribution in [3.63, 3.8) is 0 Å². The molecule has 0 fully saturated rings. The summed E-state index contributed by atoms with van der Waals surface area (Å²) >= 11 is 1.43. The Balaban J connectivity index is 2.26. The number of anilines is 1. The third kappa shape index (κ3) is 7.88. The topological polar surface area (TPSA) is 135 Å². The highest BCUT2D eigenvalue weighted by Crippen LogP contribution is 2.25. The first-order valence-corrected chi connectivity index (χ1v) is 12.5. The molecule has 11 heteroatoms. The molecule has 0 saturated carbocycles. The normalized spacial score (nSPS) is 13.4. The molecule has 1 aromatic heterocycles. The molecule has 176 valence electrons. The standard InChI is InChI=1S/C21H29N3O6S2/c1-5-15-12-31-20(22-15)18(23-19(25)17(10-13(2)3)21(26)30-4)11-14-6-8-16(9-7-14)24-32(27,28)29/h6-9,12-13,17-18,24H,5,10-11H2,1-4H3,(H,23,25)(H,27,28,29)/t17-,18-/m0/s1. The summed E-state index contributed by atoms with van der Waals surface area (Å²) in [6, 6.07) is 5.92. The fourth-order valence-corrected chi connectivity index (χ4v) is 4.52. The van der Waals surface area contributed by atoms with Gasteiger partial charge in [0, 0.05) is 5.38 Å². The van der Waals surface area contributed by atoms with Gasteiger partial charge in [0.2, 0.25) is 5.91 Å². The maximum atomic E-state index is 13.0. The third-order valence-corrected chi connectivity index (χ3v) is 6.20. The van der Waals surface area contributed by atoms with Crippen LogP contribution < -0.4 is 10.0 Å². The van der Waals surface area contributed by atoms with Crippen molar-refractivity contribution < 1.29 is 27.3 Å². The highest BCUT2D eigenvalue weighted by atomic mass is 32.2. The van der Waals surface area contributed by atoms with E-state index in [9.17, 15) is 18.0 Å². The minimum Gasteiger partial charge on any atom is -0.468 e. The van der Waals surface area contributed by atoms with Crippen LogP contribution in [0.15, 0.2) is 29.6 Å². The molecule has 2 rings (SSSR count). The largest absolute Gasteiger partial charge is 0.468 e. The van der Waals surface area contributed by atoms with Crippen LogP contribution in [0.3, 0.4) is 0 Å². The SMILES string of the molecule is CCc1csc([C@H](Cc2ccc(NS(=O)(=O)O)cc2)NC(=O)[C@H](CC(C)C)C(=O)OC)n1. The van der Waals surface area contributed by atoms with E-state index in [1.165, 1.54) is 30.6 Å². The van der Waals surface area contributed by atoms with Gasteiger partial charge in [-0.3, -0.25) is 18.9 Å². The molecule has 0 unspecified atom stereocenters. The van der Waals surface area contributed by atoms with Crippen molar-refractivity contribution in [1.82, 2.24) is 10.3 Å². The van der Waals surface area contributed by atoms with Crippen molar-refractivity contribution in [1.29, 1.82) is 0 Å². The van der Waals surface area contributed by atoms with E-state index in [2.05, 4.69) is 10.3 Å². The van der Waals surface area contributed by atoms with Crippen molar-refractivity contribution in [2.45, 2.75) is 46.1 Å². The van der Waals surface area contributed by atoms with Crippen molar-refractivity contribution in [2.24, 2.45) is 11.8 Å². The second-order valence-corrected chi connectivity index (χ2v) is 9.82. The number of methoxy groups -OCH3 is 1. The Bertz CT molecular complexity index is 1020. The van der Waals surface area contributed by atoms with Gasteiger partial charge in [-0.1, -0.05) is 32.9 Å². The summed E-state index contributed by atoms with van der Waals surface area (Å²) in [5.74, 6) is -1.80. The van der Waals surface area contributed by atoms with E-state index in [4.69, 9.17) is 9.29 Å². The van der Waals surface area contributed by atoms with E-state index < -0.39 is 34.1 Å². The van der Waals surface area contributed by atoms with Gasteiger partial charge in [0.25, 0.3) is 0 Å². The number of nitrogens with one attached hydrogen (secondary N) is 2. The predicted molar refractivity (Wildman–Crippen MR) is 123 cm³/mol. The lowest BCUT2D eigenvalue weighted by molar-refractivity contribution is -0.151. The fraction of sp³-hybridized carbons (Fsp3) is 0.476. The van der Waals surface area contributed by atoms with Crippen LogP contribution in [0.5, 0.6) is 0 Å². The average molecular weight is 484 g/mol. The summed E-state index contributed by atoms with van der Waals surface area (Å²) in [6.45, 7) is 5.84. The van der Waals surface area contributed by atoms with E-state index in [0.717, 1.165) is 17.7 Å². The summed E-state index contributed by atoms with van der Waals surface area (Å²) in [6.07, 6.45) is 1.49. The number of amides is 1. The number of carbonyl (C=O) groups is 2. The van der Waals surface area contributed by atoms with Crippen LogP contribution in [0.25, 0.3) is 0 Å². The Morgan fingerprint density at radius 3 is 2.38 bits per heavy atom. The van der Waals surface area contributed by atoms with Gasteiger partial charge in [0.1, 0.15) is 10.9 Å². The lowest BCUT2D eigenvalue weighted by Crippen LogP contribution is -2.39. The van der Waals surface area contributed by atoms with E-state index >= 15 is 0 Å². The van der Waals surface area contributed by atoms with Crippen molar-refractivity contribution in [2.75, 3.05) is 11.8 Å². The first kappa shape index (κ1) is 25.8. The Morgan fingerprint density at radius 1 is 1.22 bits per heavy atom. The maximum absolute atomic E-state index is 13.0. The Morgan fingerprint density at radius 2 is 1.88 bits per heavy atom. The van der Waals surface area contributed by atoms with Gasteiger partial charge >= 0.3 is 16.3 Å². The molecule has 0 saturated heterocycles. The number of esters is 1. The average Bonchev–Trinajstić information content (AvgIpc) is 3.20. The molecule has 3 N–H and O–H groups in total. The quantitative estimate of drug-likeness (QED) is 0.254. The molecule has 2 atom stereocenters. The molecule has 0 radical (unpaired) electrons. The summed E-state index contributed by atoms with van der Waals surface area (Å²) in [5.41, 5.74) is 1.92. The first-order chi connectivity index (χ1) is 15.0. The molecular weight excluding hydrogens is 454 g/mol. The smallest absolute Gasteiger partial charge is 0.357 e. The number of aryl methyl sites for hydroxylation is 1. The number of carbonyl (C=O) groups excluding carboxylic acids is 2. The lowest BCUT2D eigenvalue weighted by atomic mass is 9.95. The van der Waals surface area contributed by atoms with Gasteiger partial charge in [0.05, 0.1) is 24.5 Å². The van der Waals surface area contributed by atoms with Gasteiger partial charge in [-0.15, -0.1) is 11.3 Å². The maximum Gasteiger partial charge on any atom is 0.357 e.